The average Bonchev–Trinajstić information content (AvgIpc) is 2.61. The Balaban J connectivity index is 1.81. The van der Waals surface area contributed by atoms with Gasteiger partial charge < -0.3 is 5.32 Å². The lowest BCUT2D eigenvalue weighted by Crippen LogP contribution is -2.15. The van der Waals surface area contributed by atoms with E-state index in [1.807, 2.05) is 6.07 Å². The maximum absolute atomic E-state index is 13.7. The first-order chi connectivity index (χ1) is 12.1. The van der Waals surface area contributed by atoms with Crippen LogP contribution < -0.4 is 5.32 Å². The van der Waals surface area contributed by atoms with Gasteiger partial charge in [0.05, 0.1) is 0 Å². The molecule has 0 aliphatic carbocycles. The van der Waals surface area contributed by atoms with Gasteiger partial charge in [-0.1, -0.05) is 24.1 Å². The Morgan fingerprint density at radius 1 is 0.920 bits per heavy atom. The number of benzene rings is 2. The molecule has 0 fully saturated rings. The van der Waals surface area contributed by atoms with E-state index in [1.54, 1.807) is 42.6 Å². The lowest BCUT2D eigenvalue weighted by atomic mass is 10.1. The Morgan fingerprint density at radius 3 is 2.40 bits per heavy atom. The van der Waals surface area contributed by atoms with Crippen molar-refractivity contribution in [1.29, 1.82) is 0 Å². The zero-order valence-electron chi connectivity index (χ0n) is 13.0. The predicted molar refractivity (Wildman–Crippen MR) is 91.0 cm³/mol. The Hall–Kier alpha value is -3.52. The second-order valence-electron chi connectivity index (χ2n) is 5.10. The predicted octanol–water partition coefficient (Wildman–Crippen LogP) is 4.01. The van der Waals surface area contributed by atoms with E-state index in [2.05, 4.69) is 22.1 Å². The second-order valence-corrected chi connectivity index (χ2v) is 5.10. The van der Waals surface area contributed by atoms with E-state index in [9.17, 15) is 13.6 Å². The van der Waals surface area contributed by atoms with Gasteiger partial charge in [-0.2, -0.15) is 0 Å². The van der Waals surface area contributed by atoms with Gasteiger partial charge in [-0.05, 0) is 48.4 Å². The van der Waals surface area contributed by atoms with Crippen molar-refractivity contribution < 1.29 is 13.6 Å². The van der Waals surface area contributed by atoms with Gasteiger partial charge in [0.25, 0.3) is 5.91 Å². The van der Waals surface area contributed by atoms with E-state index in [0.717, 1.165) is 12.1 Å². The van der Waals surface area contributed by atoms with Crippen molar-refractivity contribution in [2.75, 3.05) is 5.32 Å². The smallest absolute Gasteiger partial charge is 0.261 e. The molecule has 0 spiro atoms. The molecule has 0 atom stereocenters. The first-order valence-corrected chi connectivity index (χ1v) is 7.42. The van der Waals surface area contributed by atoms with Crippen molar-refractivity contribution in [2.45, 2.75) is 0 Å². The van der Waals surface area contributed by atoms with Gasteiger partial charge in [-0.25, -0.2) is 13.8 Å². The van der Waals surface area contributed by atoms with Gasteiger partial charge in [-0.15, -0.1) is 0 Å². The van der Waals surface area contributed by atoms with Crippen molar-refractivity contribution in [3.63, 3.8) is 0 Å². The highest BCUT2D eigenvalue weighted by molar-refractivity contribution is 6.04. The molecule has 122 valence electrons. The summed E-state index contributed by atoms with van der Waals surface area (Å²) in [5.41, 5.74) is 1.02. The van der Waals surface area contributed by atoms with E-state index in [1.165, 1.54) is 6.07 Å². The normalized spacial score (nSPS) is 9.84. The maximum atomic E-state index is 13.7. The molecule has 0 unspecified atom stereocenters. The van der Waals surface area contributed by atoms with E-state index >= 15 is 0 Å². The van der Waals surface area contributed by atoms with Gasteiger partial charge in [0.2, 0.25) is 0 Å². The highest BCUT2D eigenvalue weighted by atomic mass is 19.1. The molecule has 1 heterocycles. The fourth-order valence-corrected chi connectivity index (χ4v) is 2.16. The van der Waals surface area contributed by atoms with Crippen molar-refractivity contribution in [3.05, 3.63) is 95.3 Å². The van der Waals surface area contributed by atoms with Crippen LogP contribution in [0.5, 0.6) is 0 Å². The molecular weight excluding hydrogens is 322 g/mol. The molecule has 25 heavy (non-hydrogen) atoms. The number of anilines is 1. The Bertz CT molecular complexity index is 955. The van der Waals surface area contributed by atoms with E-state index < -0.39 is 23.1 Å². The summed E-state index contributed by atoms with van der Waals surface area (Å²) in [6.07, 6.45) is 1.64. The van der Waals surface area contributed by atoms with Crippen LogP contribution in [0.3, 0.4) is 0 Å². The highest BCUT2D eigenvalue weighted by Crippen LogP contribution is 2.16. The molecule has 0 aliphatic rings. The first kappa shape index (κ1) is 16.3. The van der Waals surface area contributed by atoms with Crippen LogP contribution in [0.4, 0.5) is 14.5 Å². The summed E-state index contributed by atoms with van der Waals surface area (Å²) in [6, 6.07) is 15.4. The number of hydrogen-bond donors (Lipinski definition) is 1. The molecule has 2 aromatic carbocycles. The number of carbonyl (C=O) groups is 1. The summed E-state index contributed by atoms with van der Waals surface area (Å²) in [4.78, 5) is 16.2. The lowest BCUT2D eigenvalue weighted by molar-refractivity contribution is 0.101. The lowest BCUT2D eigenvalue weighted by Gasteiger charge is -2.07. The first-order valence-electron chi connectivity index (χ1n) is 7.42. The number of rotatable bonds is 2. The van der Waals surface area contributed by atoms with Crippen LogP contribution >= 0.6 is 0 Å². The molecule has 1 amide bonds. The molecular formula is C20H12F2N2O. The molecule has 3 aromatic rings. The minimum Gasteiger partial charge on any atom is -0.322 e. The third-order valence-electron chi connectivity index (χ3n) is 3.31. The van der Waals surface area contributed by atoms with Gasteiger partial charge in [-0.3, -0.25) is 4.79 Å². The van der Waals surface area contributed by atoms with Gasteiger partial charge >= 0.3 is 0 Å². The molecule has 0 saturated carbocycles. The highest BCUT2D eigenvalue weighted by Gasteiger charge is 2.16. The van der Waals surface area contributed by atoms with Crippen LogP contribution in [0.15, 0.2) is 66.9 Å². The Labute approximate surface area is 143 Å². The van der Waals surface area contributed by atoms with E-state index in [0.29, 0.717) is 16.9 Å². The van der Waals surface area contributed by atoms with E-state index in [-0.39, 0.29) is 0 Å². The monoisotopic (exact) mass is 334 g/mol. The third kappa shape index (κ3) is 4.06. The fourth-order valence-electron chi connectivity index (χ4n) is 2.16. The topological polar surface area (TPSA) is 42.0 Å². The van der Waals surface area contributed by atoms with Crippen molar-refractivity contribution >= 4 is 11.6 Å². The Morgan fingerprint density at radius 2 is 1.68 bits per heavy atom. The van der Waals surface area contributed by atoms with Gasteiger partial charge in [0.15, 0.2) is 0 Å². The summed E-state index contributed by atoms with van der Waals surface area (Å²) >= 11 is 0. The largest absolute Gasteiger partial charge is 0.322 e. The Kier molecular flexibility index (Phi) is 4.82. The number of halogens is 2. The van der Waals surface area contributed by atoms with E-state index in [4.69, 9.17) is 0 Å². The molecule has 1 N–H and O–H groups in total. The number of pyridine rings is 1. The minimum atomic E-state index is -0.913. The number of hydrogen-bond acceptors (Lipinski definition) is 2. The third-order valence-corrected chi connectivity index (χ3v) is 3.31. The SMILES string of the molecule is O=C(Nc1cccc(C#Cc2ccccn2)c1)c1c(F)cccc1F. The van der Waals surface area contributed by atoms with Crippen LogP contribution in [-0.2, 0) is 0 Å². The number of nitrogens with one attached hydrogen (secondary N) is 1. The molecule has 0 bridgehead atoms. The quantitative estimate of drug-likeness (QED) is 0.720. The molecule has 1 aromatic heterocycles. The molecule has 3 nitrogen and oxygen atoms in total. The van der Waals surface area contributed by atoms with Crippen molar-refractivity contribution in [2.24, 2.45) is 0 Å². The molecule has 0 aliphatic heterocycles. The molecule has 5 heteroatoms. The maximum Gasteiger partial charge on any atom is 0.261 e. The molecule has 3 rings (SSSR count). The van der Waals surface area contributed by atoms with Crippen LogP contribution in [-0.4, -0.2) is 10.9 Å². The number of nitrogens with zero attached hydrogens (tertiary/aromatic N) is 1. The molecule has 0 saturated heterocycles. The zero-order valence-corrected chi connectivity index (χ0v) is 13.0. The summed E-state index contributed by atoms with van der Waals surface area (Å²) in [5.74, 6) is 3.14. The van der Waals surface area contributed by atoms with Gasteiger partial charge in [0, 0.05) is 17.4 Å². The standard InChI is InChI=1S/C20H12F2N2O/c21-17-8-4-9-18(22)19(17)20(25)24-16-7-3-5-14(13-16)10-11-15-6-1-2-12-23-15/h1-9,12-13H,(H,24,25). The summed E-state index contributed by atoms with van der Waals surface area (Å²) in [6.45, 7) is 0. The van der Waals surface area contributed by atoms with Crippen molar-refractivity contribution in [1.82, 2.24) is 4.98 Å². The van der Waals surface area contributed by atoms with Crippen LogP contribution in [0.2, 0.25) is 0 Å². The number of amides is 1. The summed E-state index contributed by atoms with van der Waals surface area (Å²) < 4.78 is 27.3. The van der Waals surface area contributed by atoms with Crippen LogP contribution in [0, 0.1) is 23.5 Å². The summed E-state index contributed by atoms with van der Waals surface area (Å²) in [5, 5.41) is 2.48. The second kappa shape index (κ2) is 7.37. The fraction of sp³-hybridized carbons (Fsp3) is 0. The van der Waals surface area contributed by atoms with Gasteiger partial charge in [0.1, 0.15) is 22.9 Å². The number of carbonyl (C=O) groups excluding carboxylic acids is 1. The van der Waals surface area contributed by atoms with Crippen LogP contribution in [0.1, 0.15) is 21.6 Å². The van der Waals surface area contributed by atoms with Crippen molar-refractivity contribution in [3.8, 4) is 11.8 Å². The number of aromatic nitrogens is 1. The van der Waals surface area contributed by atoms with Crippen LogP contribution in [0.25, 0.3) is 0 Å². The average molecular weight is 334 g/mol. The molecule has 0 radical (unpaired) electrons. The summed E-state index contributed by atoms with van der Waals surface area (Å²) in [7, 11) is 0. The zero-order chi connectivity index (χ0) is 17.6. The minimum absolute atomic E-state index is 0.389.